The average Bonchev–Trinajstić information content (AvgIpc) is 2.90. The quantitative estimate of drug-likeness (QED) is 0.366. The van der Waals surface area contributed by atoms with Gasteiger partial charge < -0.3 is 14.8 Å². The van der Waals surface area contributed by atoms with Crippen LogP contribution >= 0.6 is 0 Å². The van der Waals surface area contributed by atoms with Crippen molar-refractivity contribution in [3.8, 4) is 0 Å². The van der Waals surface area contributed by atoms with Crippen LogP contribution in [0.3, 0.4) is 0 Å². The van der Waals surface area contributed by atoms with Gasteiger partial charge in [0.2, 0.25) is 15.9 Å². The van der Waals surface area contributed by atoms with E-state index >= 15 is 0 Å². The van der Waals surface area contributed by atoms with Crippen LogP contribution in [0.5, 0.6) is 0 Å². The van der Waals surface area contributed by atoms with Crippen molar-refractivity contribution in [2.24, 2.45) is 11.8 Å². The molecular formula is C33H46N4O7S. The summed E-state index contributed by atoms with van der Waals surface area (Å²) >= 11 is 0. The Hall–Kier alpha value is -3.51. The molecule has 1 aliphatic carbocycles. The zero-order chi connectivity index (χ0) is 33.1. The first-order chi connectivity index (χ1) is 21.1. The van der Waals surface area contributed by atoms with Crippen molar-refractivity contribution >= 4 is 33.8 Å². The Labute approximate surface area is 266 Å². The molecule has 2 amide bonds. The molecular weight excluding hydrogens is 596 g/mol. The molecule has 246 valence electrons. The third-order valence-corrected chi connectivity index (χ3v) is 9.81. The van der Waals surface area contributed by atoms with Gasteiger partial charge in [0.05, 0.1) is 11.5 Å². The fourth-order valence-electron chi connectivity index (χ4n) is 6.10. The van der Waals surface area contributed by atoms with Crippen molar-refractivity contribution in [1.82, 2.24) is 15.0 Å². The highest BCUT2D eigenvalue weighted by Gasteiger charge is 2.37. The van der Waals surface area contributed by atoms with E-state index in [0.717, 1.165) is 29.7 Å². The van der Waals surface area contributed by atoms with E-state index in [1.54, 1.807) is 37.8 Å². The number of sulfonamides is 1. The third kappa shape index (κ3) is 8.61. The molecule has 2 aromatic rings. The Morgan fingerprint density at radius 1 is 1.09 bits per heavy atom. The van der Waals surface area contributed by atoms with Crippen LogP contribution in [0.2, 0.25) is 0 Å². The lowest BCUT2D eigenvalue weighted by Gasteiger charge is -2.35. The number of rotatable bonds is 10. The number of ether oxygens (including phenoxy) is 2. The Morgan fingerprint density at radius 2 is 1.76 bits per heavy atom. The SMILES string of the molecule is CCOC(=O)[C@H](CNC(=O)C1CC(Cc2ccc3c(n2)N(C(=O)OC(C)(C)C)CCC3)C1)NS(=O)(=O)c1c(C)cc(C)cc1C. The van der Waals surface area contributed by atoms with Gasteiger partial charge in [-0.05, 0) is 109 Å². The van der Waals surface area contributed by atoms with E-state index in [4.69, 9.17) is 14.5 Å². The molecule has 2 aliphatic rings. The van der Waals surface area contributed by atoms with Crippen LogP contribution < -0.4 is 14.9 Å². The summed E-state index contributed by atoms with van der Waals surface area (Å²) in [7, 11) is -4.07. The summed E-state index contributed by atoms with van der Waals surface area (Å²) in [6, 6.07) is 6.27. The van der Waals surface area contributed by atoms with Crippen LogP contribution in [0.15, 0.2) is 29.2 Å². The molecule has 0 saturated heterocycles. The van der Waals surface area contributed by atoms with Crippen LogP contribution in [0, 0.1) is 32.6 Å². The van der Waals surface area contributed by atoms with E-state index in [2.05, 4.69) is 10.0 Å². The zero-order valence-electron chi connectivity index (χ0n) is 27.4. The first-order valence-electron chi connectivity index (χ1n) is 15.6. The molecule has 1 aromatic carbocycles. The van der Waals surface area contributed by atoms with Gasteiger partial charge in [-0.1, -0.05) is 23.8 Å². The topological polar surface area (TPSA) is 144 Å². The third-order valence-electron chi connectivity index (χ3n) is 8.04. The van der Waals surface area contributed by atoms with Gasteiger partial charge in [0.1, 0.15) is 17.5 Å². The van der Waals surface area contributed by atoms with Gasteiger partial charge in [0.25, 0.3) is 0 Å². The maximum absolute atomic E-state index is 13.3. The summed E-state index contributed by atoms with van der Waals surface area (Å²) in [4.78, 5) is 45.1. The summed E-state index contributed by atoms with van der Waals surface area (Å²) < 4.78 is 39.8. The number of aryl methyl sites for hydroxylation is 4. The molecule has 11 nitrogen and oxygen atoms in total. The number of carbonyl (C=O) groups excluding carboxylic acids is 3. The number of pyridine rings is 1. The predicted molar refractivity (Wildman–Crippen MR) is 170 cm³/mol. The average molecular weight is 643 g/mol. The molecule has 4 rings (SSSR count). The number of anilines is 1. The van der Waals surface area contributed by atoms with Crippen LogP contribution in [-0.4, -0.2) is 62.7 Å². The van der Waals surface area contributed by atoms with Crippen molar-refractivity contribution in [2.75, 3.05) is 24.6 Å². The van der Waals surface area contributed by atoms with Crippen molar-refractivity contribution < 1.29 is 32.3 Å². The first-order valence-corrected chi connectivity index (χ1v) is 17.1. The standard InChI is InChI=1S/C33H46N4O7S/c1-8-43-31(39)27(36-45(41,42)28-21(3)14-20(2)15-22(28)4)19-34-30(38)25-16-23(17-25)18-26-12-11-24-10-9-13-37(29(24)35-26)32(40)44-33(5,6)7/h11-12,14-15,23,25,27,36H,8-10,13,16-19H2,1-7H3,(H,34,38)/t23?,25?,27-/m0/s1. The van der Waals surface area contributed by atoms with Gasteiger partial charge >= 0.3 is 12.1 Å². The molecule has 2 heterocycles. The van der Waals surface area contributed by atoms with E-state index in [1.165, 1.54) is 0 Å². The Bertz CT molecular complexity index is 1520. The minimum Gasteiger partial charge on any atom is -0.465 e. The summed E-state index contributed by atoms with van der Waals surface area (Å²) in [6.45, 7) is 12.9. The molecule has 0 radical (unpaired) electrons. The van der Waals surface area contributed by atoms with Crippen molar-refractivity contribution in [3.63, 3.8) is 0 Å². The molecule has 45 heavy (non-hydrogen) atoms. The minimum atomic E-state index is -4.07. The van der Waals surface area contributed by atoms with Crippen LogP contribution in [0.4, 0.5) is 10.6 Å². The number of amides is 2. The first kappa shape index (κ1) is 34.4. The smallest absolute Gasteiger partial charge is 0.416 e. The molecule has 12 heteroatoms. The molecule has 0 bridgehead atoms. The minimum absolute atomic E-state index is 0.0736. The summed E-state index contributed by atoms with van der Waals surface area (Å²) in [6.07, 6.45) is 3.23. The number of aromatic nitrogens is 1. The number of benzene rings is 1. The lowest BCUT2D eigenvalue weighted by molar-refractivity contribution is -0.145. The van der Waals surface area contributed by atoms with Crippen LogP contribution in [0.1, 0.15) is 74.9 Å². The second-order valence-corrected chi connectivity index (χ2v) is 14.8. The highest BCUT2D eigenvalue weighted by molar-refractivity contribution is 7.89. The molecule has 1 atom stereocenters. The number of nitrogens with one attached hydrogen (secondary N) is 2. The molecule has 0 unspecified atom stereocenters. The lowest BCUT2D eigenvalue weighted by atomic mass is 9.72. The lowest BCUT2D eigenvalue weighted by Crippen LogP contribution is -2.51. The molecule has 1 fully saturated rings. The van der Waals surface area contributed by atoms with Gasteiger partial charge in [-0.25, -0.2) is 18.2 Å². The monoisotopic (exact) mass is 642 g/mol. The molecule has 2 N–H and O–H groups in total. The van der Waals surface area contributed by atoms with Gasteiger partial charge in [0, 0.05) is 24.7 Å². The van der Waals surface area contributed by atoms with E-state index in [-0.39, 0.29) is 35.8 Å². The van der Waals surface area contributed by atoms with Crippen molar-refractivity contribution in [3.05, 3.63) is 52.2 Å². The number of nitrogens with zero attached hydrogens (tertiary/aromatic N) is 2. The highest BCUT2D eigenvalue weighted by atomic mass is 32.2. The largest absolute Gasteiger partial charge is 0.465 e. The zero-order valence-corrected chi connectivity index (χ0v) is 28.2. The molecule has 1 saturated carbocycles. The van der Waals surface area contributed by atoms with Crippen molar-refractivity contribution in [2.45, 2.75) is 97.1 Å². The van der Waals surface area contributed by atoms with Crippen molar-refractivity contribution in [1.29, 1.82) is 0 Å². The number of hydrogen-bond acceptors (Lipinski definition) is 8. The van der Waals surface area contributed by atoms with E-state index in [1.807, 2.05) is 39.8 Å². The molecule has 1 aromatic heterocycles. The predicted octanol–water partition coefficient (Wildman–Crippen LogP) is 4.29. The van der Waals surface area contributed by atoms with Crippen LogP contribution in [-0.2, 0) is 41.9 Å². The summed E-state index contributed by atoms with van der Waals surface area (Å²) in [5.41, 5.74) is 3.33. The van der Waals surface area contributed by atoms with E-state index in [9.17, 15) is 22.8 Å². The van der Waals surface area contributed by atoms with Gasteiger partial charge in [-0.2, -0.15) is 4.72 Å². The number of esters is 1. The van der Waals surface area contributed by atoms with E-state index < -0.39 is 33.7 Å². The Balaban J connectivity index is 1.35. The van der Waals surface area contributed by atoms with Gasteiger partial charge in [0.15, 0.2) is 0 Å². The Kier molecular flexibility index (Phi) is 10.6. The summed E-state index contributed by atoms with van der Waals surface area (Å²) in [5.74, 6) is -0.375. The number of hydrogen-bond donors (Lipinski definition) is 2. The fourth-order valence-corrected chi connectivity index (χ4v) is 7.74. The second-order valence-electron chi connectivity index (χ2n) is 13.2. The maximum Gasteiger partial charge on any atom is 0.416 e. The maximum atomic E-state index is 13.3. The van der Waals surface area contributed by atoms with Crippen LogP contribution in [0.25, 0.3) is 0 Å². The van der Waals surface area contributed by atoms with Gasteiger partial charge in [-0.3, -0.25) is 14.5 Å². The summed E-state index contributed by atoms with van der Waals surface area (Å²) in [5, 5.41) is 2.76. The normalized spacial score (nSPS) is 18.8. The highest BCUT2D eigenvalue weighted by Crippen LogP contribution is 2.37. The molecule has 1 aliphatic heterocycles. The second kappa shape index (κ2) is 13.9. The Morgan fingerprint density at radius 3 is 2.38 bits per heavy atom. The number of fused-ring (bicyclic) bond motifs is 1. The van der Waals surface area contributed by atoms with E-state index in [0.29, 0.717) is 42.8 Å². The van der Waals surface area contributed by atoms with Gasteiger partial charge in [-0.15, -0.1) is 0 Å². The number of carbonyl (C=O) groups is 3. The molecule has 0 spiro atoms. The fraction of sp³-hybridized carbons (Fsp3) is 0.576.